The number of rotatable bonds is 3. The van der Waals surface area contributed by atoms with E-state index in [1.54, 1.807) is 19.2 Å². The predicted molar refractivity (Wildman–Crippen MR) is 100 cm³/mol. The van der Waals surface area contributed by atoms with Crippen LogP contribution in [0.2, 0.25) is 0 Å². The van der Waals surface area contributed by atoms with Crippen LogP contribution in [0, 0.1) is 5.82 Å². The molecule has 2 aromatic rings. The van der Waals surface area contributed by atoms with Crippen molar-refractivity contribution < 1.29 is 18.7 Å². The molecule has 0 aromatic heterocycles. The van der Waals surface area contributed by atoms with E-state index in [0.29, 0.717) is 42.0 Å². The summed E-state index contributed by atoms with van der Waals surface area (Å²) in [5.41, 5.74) is 2.68. The Morgan fingerprint density at radius 2 is 1.89 bits per heavy atom. The number of ether oxygens (including phenoxy) is 1. The SMILES string of the molecule is COc1ccccc1C1CC(=O)N(c2cccc(F)c2)C2=C1C(=O)CCC2. The van der Waals surface area contributed by atoms with Gasteiger partial charge in [-0.3, -0.25) is 14.5 Å². The molecule has 0 spiro atoms. The van der Waals surface area contributed by atoms with Gasteiger partial charge in [0.2, 0.25) is 5.91 Å². The van der Waals surface area contributed by atoms with E-state index >= 15 is 0 Å². The summed E-state index contributed by atoms with van der Waals surface area (Å²) in [6.45, 7) is 0. The van der Waals surface area contributed by atoms with Crippen molar-refractivity contribution in [2.45, 2.75) is 31.6 Å². The van der Waals surface area contributed by atoms with Crippen molar-refractivity contribution in [3.63, 3.8) is 0 Å². The van der Waals surface area contributed by atoms with Gasteiger partial charge in [-0.05, 0) is 37.1 Å². The van der Waals surface area contributed by atoms with E-state index in [9.17, 15) is 14.0 Å². The summed E-state index contributed by atoms with van der Waals surface area (Å²) in [7, 11) is 1.58. The van der Waals surface area contributed by atoms with Gasteiger partial charge in [0.15, 0.2) is 5.78 Å². The molecule has 2 aromatic carbocycles. The molecule has 1 aliphatic carbocycles. The van der Waals surface area contributed by atoms with Gasteiger partial charge in [-0.2, -0.15) is 0 Å². The normalized spacial score (nSPS) is 19.9. The number of allylic oxidation sites excluding steroid dienone is 2. The summed E-state index contributed by atoms with van der Waals surface area (Å²) in [6.07, 6.45) is 1.93. The predicted octanol–water partition coefficient (Wildman–Crippen LogP) is 4.36. The van der Waals surface area contributed by atoms with E-state index in [-0.39, 0.29) is 24.0 Å². The molecule has 0 N–H and O–H groups in total. The van der Waals surface area contributed by atoms with Gasteiger partial charge in [-0.25, -0.2) is 4.39 Å². The average Bonchev–Trinajstić information content (AvgIpc) is 2.67. The number of methoxy groups -OCH3 is 1. The topological polar surface area (TPSA) is 46.6 Å². The number of nitrogens with zero attached hydrogens (tertiary/aromatic N) is 1. The number of carbonyl (C=O) groups is 2. The zero-order chi connectivity index (χ0) is 19.0. The number of carbonyl (C=O) groups excluding carboxylic acids is 2. The van der Waals surface area contributed by atoms with Crippen molar-refractivity contribution in [1.82, 2.24) is 0 Å². The molecule has 5 heteroatoms. The molecule has 0 fully saturated rings. The van der Waals surface area contributed by atoms with Crippen LogP contribution in [0.4, 0.5) is 10.1 Å². The van der Waals surface area contributed by atoms with Crippen molar-refractivity contribution in [3.8, 4) is 5.75 Å². The molecule has 138 valence electrons. The number of anilines is 1. The molecule has 0 bridgehead atoms. The minimum absolute atomic E-state index is 0.0565. The van der Waals surface area contributed by atoms with E-state index in [1.807, 2.05) is 24.3 Å². The highest BCUT2D eigenvalue weighted by molar-refractivity contribution is 6.07. The van der Waals surface area contributed by atoms with E-state index in [4.69, 9.17) is 4.74 Å². The standard InChI is InChI=1S/C22H20FNO3/c1-27-20-11-3-2-8-16(20)17-13-21(26)24(15-7-4-6-14(23)12-15)18-9-5-10-19(25)22(17)18/h2-4,6-8,11-12,17H,5,9-10,13H2,1H3. The average molecular weight is 365 g/mol. The van der Waals surface area contributed by atoms with Crippen LogP contribution in [0.1, 0.15) is 37.2 Å². The molecular weight excluding hydrogens is 345 g/mol. The molecule has 1 amide bonds. The van der Waals surface area contributed by atoms with Crippen molar-refractivity contribution >= 4 is 17.4 Å². The monoisotopic (exact) mass is 365 g/mol. The van der Waals surface area contributed by atoms with E-state index in [2.05, 4.69) is 0 Å². The van der Waals surface area contributed by atoms with Gasteiger partial charge in [0.05, 0.1) is 12.8 Å². The fraction of sp³-hybridized carbons (Fsp3) is 0.273. The van der Waals surface area contributed by atoms with Gasteiger partial charge in [-0.1, -0.05) is 24.3 Å². The minimum Gasteiger partial charge on any atom is -0.496 e. The number of ketones is 1. The number of para-hydroxylation sites is 1. The highest BCUT2D eigenvalue weighted by Gasteiger charge is 2.40. The Labute approximate surface area is 157 Å². The molecule has 0 saturated carbocycles. The van der Waals surface area contributed by atoms with Crippen molar-refractivity contribution in [1.29, 1.82) is 0 Å². The number of amides is 1. The number of hydrogen-bond donors (Lipinski definition) is 0. The second-order valence-corrected chi connectivity index (χ2v) is 6.84. The van der Waals surface area contributed by atoms with Gasteiger partial charge < -0.3 is 4.74 Å². The second kappa shape index (κ2) is 6.99. The Kier molecular flexibility index (Phi) is 4.52. The Hall–Kier alpha value is -2.95. The Morgan fingerprint density at radius 1 is 1.07 bits per heavy atom. The lowest BCUT2D eigenvalue weighted by Gasteiger charge is -2.38. The molecule has 0 saturated heterocycles. The maximum atomic E-state index is 13.8. The maximum absolute atomic E-state index is 13.8. The summed E-state index contributed by atoms with van der Waals surface area (Å²) in [4.78, 5) is 27.4. The third-order valence-corrected chi connectivity index (χ3v) is 5.26. The fourth-order valence-corrected chi connectivity index (χ4v) is 4.13. The van der Waals surface area contributed by atoms with Crippen LogP contribution < -0.4 is 9.64 Å². The third kappa shape index (κ3) is 3.03. The van der Waals surface area contributed by atoms with Crippen molar-refractivity contribution in [2.24, 2.45) is 0 Å². The molecule has 4 nitrogen and oxygen atoms in total. The minimum atomic E-state index is -0.406. The fourth-order valence-electron chi connectivity index (χ4n) is 4.13. The van der Waals surface area contributed by atoms with Crippen LogP contribution in [-0.2, 0) is 9.59 Å². The highest BCUT2D eigenvalue weighted by atomic mass is 19.1. The Balaban J connectivity index is 1.89. The van der Waals surface area contributed by atoms with Crippen LogP contribution in [0.25, 0.3) is 0 Å². The Bertz CT molecular complexity index is 950. The van der Waals surface area contributed by atoms with Crippen LogP contribution in [-0.4, -0.2) is 18.8 Å². The van der Waals surface area contributed by atoms with Gasteiger partial charge in [0.1, 0.15) is 11.6 Å². The molecule has 2 aliphatic rings. The molecule has 1 unspecified atom stereocenters. The number of halogens is 1. The first-order valence-corrected chi connectivity index (χ1v) is 9.08. The molecule has 27 heavy (non-hydrogen) atoms. The van der Waals surface area contributed by atoms with Crippen molar-refractivity contribution in [3.05, 3.63) is 71.2 Å². The third-order valence-electron chi connectivity index (χ3n) is 5.26. The number of benzene rings is 2. The van der Waals surface area contributed by atoms with Crippen LogP contribution in [0.15, 0.2) is 59.8 Å². The molecule has 1 aliphatic heterocycles. The molecule has 0 radical (unpaired) electrons. The van der Waals surface area contributed by atoms with E-state index < -0.39 is 5.82 Å². The Morgan fingerprint density at radius 3 is 2.67 bits per heavy atom. The molecule has 1 atom stereocenters. The second-order valence-electron chi connectivity index (χ2n) is 6.84. The molecular formula is C22H20FNO3. The lowest BCUT2D eigenvalue weighted by molar-refractivity contribution is -0.119. The smallest absolute Gasteiger partial charge is 0.232 e. The highest BCUT2D eigenvalue weighted by Crippen LogP contribution is 2.45. The van der Waals surface area contributed by atoms with E-state index in [1.165, 1.54) is 17.0 Å². The number of hydrogen-bond acceptors (Lipinski definition) is 3. The van der Waals surface area contributed by atoms with Crippen LogP contribution >= 0.6 is 0 Å². The van der Waals surface area contributed by atoms with Gasteiger partial charge >= 0.3 is 0 Å². The summed E-state index contributed by atoms with van der Waals surface area (Å²) in [5.74, 6) is -0.150. The first-order valence-electron chi connectivity index (χ1n) is 9.08. The molecule has 4 rings (SSSR count). The summed E-state index contributed by atoms with van der Waals surface area (Å²) in [5, 5.41) is 0. The van der Waals surface area contributed by atoms with Crippen molar-refractivity contribution in [2.75, 3.05) is 12.0 Å². The van der Waals surface area contributed by atoms with Crippen LogP contribution in [0.5, 0.6) is 5.75 Å². The van der Waals surface area contributed by atoms with Gasteiger partial charge in [0.25, 0.3) is 0 Å². The summed E-state index contributed by atoms with van der Waals surface area (Å²) < 4.78 is 19.2. The first-order chi connectivity index (χ1) is 13.1. The lowest BCUT2D eigenvalue weighted by atomic mass is 9.77. The summed E-state index contributed by atoms with van der Waals surface area (Å²) >= 11 is 0. The number of Topliss-reactive ketones (excluding diaryl/α,β-unsaturated/α-hetero) is 1. The zero-order valence-corrected chi connectivity index (χ0v) is 15.1. The van der Waals surface area contributed by atoms with Crippen LogP contribution in [0.3, 0.4) is 0 Å². The zero-order valence-electron chi connectivity index (χ0n) is 15.1. The van der Waals surface area contributed by atoms with Gasteiger partial charge in [-0.15, -0.1) is 0 Å². The molecule has 1 heterocycles. The maximum Gasteiger partial charge on any atom is 0.232 e. The summed E-state index contributed by atoms with van der Waals surface area (Å²) in [6, 6.07) is 13.5. The quantitative estimate of drug-likeness (QED) is 0.812. The largest absolute Gasteiger partial charge is 0.496 e. The van der Waals surface area contributed by atoms with Gasteiger partial charge in [0, 0.05) is 35.6 Å². The lowest BCUT2D eigenvalue weighted by Crippen LogP contribution is -2.40. The van der Waals surface area contributed by atoms with E-state index in [0.717, 1.165) is 5.56 Å². The first kappa shape index (κ1) is 17.5.